The van der Waals surface area contributed by atoms with Crippen LogP contribution in [0.4, 0.5) is 0 Å². The molecular formula is C21H28ClN3O2. The maximum atomic E-state index is 13.7. The second-order valence-corrected chi connectivity index (χ2v) is 8.54. The van der Waals surface area contributed by atoms with Gasteiger partial charge < -0.3 is 15.1 Å². The average Bonchev–Trinajstić information content (AvgIpc) is 3.19. The Bertz CT molecular complexity index is 700. The summed E-state index contributed by atoms with van der Waals surface area (Å²) in [4.78, 5) is 30.0. The van der Waals surface area contributed by atoms with Crippen molar-refractivity contribution in [3.05, 3.63) is 34.9 Å². The zero-order valence-electron chi connectivity index (χ0n) is 15.8. The molecule has 1 unspecified atom stereocenters. The third-order valence-electron chi connectivity index (χ3n) is 6.51. The number of nitrogens with one attached hydrogen (secondary N) is 1. The summed E-state index contributed by atoms with van der Waals surface area (Å²) in [6.07, 6.45) is 5.93. The third kappa shape index (κ3) is 3.59. The number of halogens is 1. The summed E-state index contributed by atoms with van der Waals surface area (Å²) in [5, 5.41) is 3.84. The molecule has 0 bridgehead atoms. The van der Waals surface area contributed by atoms with Gasteiger partial charge in [-0.3, -0.25) is 9.59 Å². The van der Waals surface area contributed by atoms with Crippen molar-refractivity contribution in [2.45, 2.75) is 50.0 Å². The second-order valence-electron chi connectivity index (χ2n) is 8.11. The molecular weight excluding hydrogens is 362 g/mol. The van der Waals surface area contributed by atoms with Crippen LogP contribution in [0.5, 0.6) is 0 Å². The van der Waals surface area contributed by atoms with Crippen molar-refractivity contribution < 1.29 is 9.59 Å². The topological polar surface area (TPSA) is 52.7 Å². The first-order valence-electron chi connectivity index (χ1n) is 10.2. The lowest BCUT2D eigenvalue weighted by molar-refractivity contribution is -0.143. The quantitative estimate of drug-likeness (QED) is 0.864. The van der Waals surface area contributed by atoms with E-state index < -0.39 is 5.41 Å². The monoisotopic (exact) mass is 389 g/mol. The fourth-order valence-corrected chi connectivity index (χ4v) is 5.20. The molecule has 0 radical (unpaired) electrons. The van der Waals surface area contributed by atoms with Crippen LogP contribution >= 0.6 is 11.6 Å². The van der Waals surface area contributed by atoms with Gasteiger partial charge in [0.1, 0.15) is 0 Å². The highest BCUT2D eigenvalue weighted by Crippen LogP contribution is 2.43. The maximum absolute atomic E-state index is 13.7. The van der Waals surface area contributed by atoms with Gasteiger partial charge in [-0.25, -0.2) is 0 Å². The summed E-state index contributed by atoms with van der Waals surface area (Å²) < 4.78 is 0. The molecule has 0 aromatic heterocycles. The molecule has 2 saturated heterocycles. The number of carbonyl (C=O) groups is 2. The summed E-state index contributed by atoms with van der Waals surface area (Å²) >= 11 is 6.07. The molecule has 2 amide bonds. The van der Waals surface area contributed by atoms with Gasteiger partial charge in [0, 0.05) is 37.2 Å². The average molecular weight is 390 g/mol. The van der Waals surface area contributed by atoms with Crippen LogP contribution in [0.15, 0.2) is 24.3 Å². The summed E-state index contributed by atoms with van der Waals surface area (Å²) in [6.45, 7) is 3.46. The Morgan fingerprint density at radius 2 is 1.85 bits per heavy atom. The van der Waals surface area contributed by atoms with E-state index in [1.807, 2.05) is 34.1 Å². The van der Waals surface area contributed by atoms with Gasteiger partial charge in [0.2, 0.25) is 11.8 Å². The molecule has 1 saturated carbocycles. The summed E-state index contributed by atoms with van der Waals surface area (Å²) in [6, 6.07) is 7.98. The van der Waals surface area contributed by atoms with E-state index in [0.717, 1.165) is 63.7 Å². The molecule has 27 heavy (non-hydrogen) atoms. The van der Waals surface area contributed by atoms with Crippen molar-refractivity contribution in [3.8, 4) is 0 Å². The Morgan fingerprint density at radius 1 is 1.11 bits per heavy atom. The van der Waals surface area contributed by atoms with Gasteiger partial charge in [-0.2, -0.15) is 0 Å². The number of benzene rings is 1. The van der Waals surface area contributed by atoms with Crippen molar-refractivity contribution in [1.29, 1.82) is 0 Å². The van der Waals surface area contributed by atoms with Gasteiger partial charge in [-0.05, 0) is 43.4 Å². The summed E-state index contributed by atoms with van der Waals surface area (Å²) in [5.41, 5.74) is 0.676. The predicted octanol–water partition coefficient (Wildman–Crippen LogP) is 2.57. The fraction of sp³-hybridized carbons (Fsp3) is 0.619. The molecule has 2 aliphatic heterocycles. The molecule has 2 heterocycles. The maximum Gasteiger partial charge on any atom is 0.236 e. The highest BCUT2D eigenvalue weighted by molar-refractivity contribution is 6.30. The largest absolute Gasteiger partial charge is 0.340 e. The van der Waals surface area contributed by atoms with E-state index in [9.17, 15) is 9.59 Å². The van der Waals surface area contributed by atoms with Crippen molar-refractivity contribution >= 4 is 23.4 Å². The molecule has 3 fully saturated rings. The number of hydrogen-bond donors (Lipinski definition) is 1. The van der Waals surface area contributed by atoms with Crippen LogP contribution in [0.2, 0.25) is 5.02 Å². The minimum Gasteiger partial charge on any atom is -0.340 e. The molecule has 1 aromatic carbocycles. The zero-order valence-corrected chi connectivity index (χ0v) is 16.5. The minimum atomic E-state index is -0.417. The first-order valence-corrected chi connectivity index (χ1v) is 10.5. The molecule has 0 spiro atoms. The van der Waals surface area contributed by atoms with Crippen LogP contribution in [0.1, 0.15) is 44.1 Å². The normalized spacial score (nSPS) is 25.7. The molecule has 6 heteroatoms. The van der Waals surface area contributed by atoms with Crippen LogP contribution in [0.3, 0.4) is 0 Å². The minimum absolute atomic E-state index is 0.154. The molecule has 1 aliphatic carbocycles. The molecule has 1 N–H and O–H groups in total. The van der Waals surface area contributed by atoms with Gasteiger partial charge >= 0.3 is 0 Å². The number of nitrogens with zero attached hydrogens (tertiary/aromatic N) is 2. The lowest BCUT2D eigenvalue weighted by atomic mass is 9.77. The van der Waals surface area contributed by atoms with Crippen molar-refractivity contribution in [2.75, 3.05) is 32.7 Å². The Hall–Kier alpha value is -1.59. The number of hydrogen-bond acceptors (Lipinski definition) is 3. The first-order chi connectivity index (χ1) is 13.1. The molecule has 3 aliphatic rings. The molecule has 1 aromatic rings. The van der Waals surface area contributed by atoms with E-state index >= 15 is 0 Å². The highest BCUT2D eigenvalue weighted by Gasteiger charge is 2.46. The summed E-state index contributed by atoms with van der Waals surface area (Å²) in [5.74, 6) is 0.406. The van der Waals surface area contributed by atoms with E-state index in [0.29, 0.717) is 18.1 Å². The standard InChI is InChI=1S/C21H28ClN3O2/c22-17-7-5-16(6-8-17)21(9-1-2-10-21)20(27)24-12-3-4-18(15-24)25-13-11-23-14-19(25)26/h5-8,18,23H,1-4,9-15H2. The van der Waals surface area contributed by atoms with Crippen LogP contribution in [-0.4, -0.2) is 60.4 Å². The van der Waals surface area contributed by atoms with Gasteiger partial charge in [-0.1, -0.05) is 36.6 Å². The van der Waals surface area contributed by atoms with Gasteiger partial charge in [0.05, 0.1) is 12.0 Å². The summed E-state index contributed by atoms with van der Waals surface area (Å²) in [7, 11) is 0. The van der Waals surface area contributed by atoms with Crippen molar-refractivity contribution in [3.63, 3.8) is 0 Å². The molecule has 4 rings (SSSR count). The Morgan fingerprint density at radius 3 is 2.56 bits per heavy atom. The molecule has 146 valence electrons. The van der Waals surface area contributed by atoms with Crippen LogP contribution in [0.25, 0.3) is 0 Å². The lowest BCUT2D eigenvalue weighted by Crippen LogP contribution is -2.59. The van der Waals surface area contributed by atoms with Crippen LogP contribution in [-0.2, 0) is 15.0 Å². The van der Waals surface area contributed by atoms with E-state index in [1.54, 1.807) is 0 Å². The van der Waals surface area contributed by atoms with Crippen LogP contribution < -0.4 is 5.32 Å². The van der Waals surface area contributed by atoms with E-state index in [2.05, 4.69) is 5.32 Å². The predicted molar refractivity (Wildman–Crippen MR) is 106 cm³/mol. The Labute approximate surface area is 166 Å². The molecule has 5 nitrogen and oxygen atoms in total. The van der Waals surface area contributed by atoms with E-state index in [1.165, 1.54) is 0 Å². The number of amides is 2. The van der Waals surface area contributed by atoms with Gasteiger partial charge in [-0.15, -0.1) is 0 Å². The fourth-order valence-electron chi connectivity index (χ4n) is 5.08. The van der Waals surface area contributed by atoms with Crippen molar-refractivity contribution in [2.24, 2.45) is 0 Å². The third-order valence-corrected chi connectivity index (χ3v) is 6.77. The highest BCUT2D eigenvalue weighted by atomic mass is 35.5. The van der Waals surface area contributed by atoms with Crippen LogP contribution in [0, 0.1) is 0 Å². The Kier molecular flexibility index (Phi) is 5.42. The number of piperidine rings is 1. The lowest BCUT2D eigenvalue weighted by Gasteiger charge is -2.43. The zero-order chi connectivity index (χ0) is 18.9. The number of rotatable bonds is 3. The molecule has 1 atom stereocenters. The number of likely N-dealkylation sites (tertiary alicyclic amines) is 1. The van der Waals surface area contributed by atoms with Gasteiger partial charge in [0.15, 0.2) is 0 Å². The van der Waals surface area contributed by atoms with Crippen molar-refractivity contribution in [1.82, 2.24) is 15.1 Å². The van der Waals surface area contributed by atoms with E-state index in [-0.39, 0.29) is 17.9 Å². The first kappa shape index (κ1) is 18.8. The second kappa shape index (κ2) is 7.80. The Balaban J connectivity index is 1.54. The SMILES string of the molecule is O=C1CNCCN1C1CCCN(C(=O)C2(c3ccc(Cl)cc3)CCCC2)C1. The number of carbonyl (C=O) groups excluding carboxylic acids is 2. The number of piperazine rings is 1. The van der Waals surface area contributed by atoms with E-state index in [4.69, 9.17) is 11.6 Å². The van der Waals surface area contributed by atoms with Gasteiger partial charge in [0.25, 0.3) is 0 Å². The smallest absolute Gasteiger partial charge is 0.236 e.